The molecule has 1 aliphatic rings. The molecule has 0 aliphatic carbocycles. The Morgan fingerprint density at radius 3 is 2.92 bits per heavy atom. The standard InChI is InChI=1S/C18H27ClN2O5/c1-4-25-16-8-13(7-15(19)18(16)24-3)9-21-5-6-26-14(11-21)10-20(2)12-17(22)23/h7-8,14H,4-6,9-12H2,1-3H3,(H,22,23). The summed E-state index contributed by atoms with van der Waals surface area (Å²) in [5, 5.41) is 9.40. The van der Waals surface area contributed by atoms with Gasteiger partial charge in [0.1, 0.15) is 0 Å². The molecule has 1 unspecified atom stereocenters. The van der Waals surface area contributed by atoms with E-state index < -0.39 is 5.97 Å². The Kier molecular flexibility index (Phi) is 7.96. The fourth-order valence-electron chi connectivity index (χ4n) is 3.11. The minimum Gasteiger partial charge on any atom is -0.491 e. The van der Waals surface area contributed by atoms with Gasteiger partial charge in [0.2, 0.25) is 0 Å². The van der Waals surface area contributed by atoms with Gasteiger partial charge in [0, 0.05) is 26.2 Å². The highest BCUT2D eigenvalue weighted by Crippen LogP contribution is 2.36. The van der Waals surface area contributed by atoms with Gasteiger partial charge < -0.3 is 19.3 Å². The van der Waals surface area contributed by atoms with Crippen LogP contribution >= 0.6 is 11.6 Å². The molecule has 26 heavy (non-hydrogen) atoms. The lowest BCUT2D eigenvalue weighted by molar-refractivity contribution is -0.138. The molecule has 0 aromatic heterocycles. The van der Waals surface area contributed by atoms with E-state index in [-0.39, 0.29) is 12.6 Å². The van der Waals surface area contributed by atoms with E-state index in [0.717, 1.165) is 18.7 Å². The van der Waals surface area contributed by atoms with Crippen molar-refractivity contribution in [1.29, 1.82) is 0 Å². The first-order valence-corrected chi connectivity index (χ1v) is 9.04. The van der Waals surface area contributed by atoms with Crippen LogP contribution in [-0.4, -0.2) is 80.5 Å². The van der Waals surface area contributed by atoms with Crippen molar-refractivity contribution >= 4 is 17.6 Å². The number of morpholine rings is 1. The summed E-state index contributed by atoms with van der Waals surface area (Å²) < 4.78 is 16.7. The lowest BCUT2D eigenvalue weighted by Gasteiger charge is -2.34. The number of benzene rings is 1. The number of carboxylic acid groups (broad SMARTS) is 1. The predicted molar refractivity (Wildman–Crippen MR) is 99.3 cm³/mol. The van der Waals surface area contributed by atoms with Crippen LogP contribution in [0, 0.1) is 0 Å². The lowest BCUT2D eigenvalue weighted by atomic mass is 10.1. The smallest absolute Gasteiger partial charge is 0.317 e. The first kappa shape index (κ1) is 20.8. The number of nitrogens with zero attached hydrogens (tertiary/aromatic N) is 2. The number of methoxy groups -OCH3 is 1. The van der Waals surface area contributed by atoms with Crippen LogP contribution in [0.25, 0.3) is 0 Å². The maximum atomic E-state index is 10.8. The van der Waals surface area contributed by atoms with Gasteiger partial charge >= 0.3 is 5.97 Å². The third kappa shape index (κ3) is 6.02. The molecule has 0 bridgehead atoms. The molecule has 7 nitrogen and oxygen atoms in total. The SMILES string of the molecule is CCOc1cc(CN2CCOC(CN(C)CC(=O)O)C2)cc(Cl)c1OC. The third-order valence-electron chi connectivity index (χ3n) is 4.12. The van der Waals surface area contributed by atoms with Gasteiger partial charge in [0.05, 0.1) is 38.0 Å². The van der Waals surface area contributed by atoms with Crippen molar-refractivity contribution < 1.29 is 24.1 Å². The van der Waals surface area contributed by atoms with Crippen LogP contribution in [0.3, 0.4) is 0 Å². The van der Waals surface area contributed by atoms with Gasteiger partial charge in [-0.05, 0) is 31.7 Å². The minimum atomic E-state index is -0.837. The highest BCUT2D eigenvalue weighted by atomic mass is 35.5. The van der Waals surface area contributed by atoms with E-state index >= 15 is 0 Å². The van der Waals surface area contributed by atoms with E-state index in [0.29, 0.717) is 42.8 Å². The molecule has 1 fully saturated rings. The predicted octanol–water partition coefficient (Wildman–Crippen LogP) is 1.96. The quantitative estimate of drug-likeness (QED) is 0.695. The van der Waals surface area contributed by atoms with Gasteiger partial charge in [-0.15, -0.1) is 0 Å². The number of hydrogen-bond donors (Lipinski definition) is 1. The molecule has 0 amide bonds. The Hall–Kier alpha value is -1.54. The average molecular weight is 387 g/mol. The molecule has 1 N–H and O–H groups in total. The molecule has 146 valence electrons. The Labute approximate surface area is 159 Å². The zero-order chi connectivity index (χ0) is 19.1. The second-order valence-electron chi connectivity index (χ2n) is 6.36. The van der Waals surface area contributed by atoms with Gasteiger partial charge in [-0.1, -0.05) is 11.6 Å². The number of likely N-dealkylation sites (N-methyl/N-ethyl adjacent to an activating group) is 1. The number of carboxylic acids is 1. The summed E-state index contributed by atoms with van der Waals surface area (Å²) in [5.41, 5.74) is 1.04. The molecular formula is C18H27ClN2O5. The van der Waals surface area contributed by atoms with E-state index in [1.54, 1.807) is 19.1 Å². The average Bonchev–Trinajstić information content (AvgIpc) is 2.54. The van der Waals surface area contributed by atoms with Crippen LogP contribution < -0.4 is 9.47 Å². The molecular weight excluding hydrogens is 360 g/mol. The van der Waals surface area contributed by atoms with Gasteiger partial charge in [0.25, 0.3) is 0 Å². The Morgan fingerprint density at radius 1 is 1.50 bits per heavy atom. The Morgan fingerprint density at radius 2 is 2.27 bits per heavy atom. The first-order chi connectivity index (χ1) is 12.4. The van der Waals surface area contributed by atoms with E-state index in [4.69, 9.17) is 30.9 Å². The van der Waals surface area contributed by atoms with E-state index in [1.165, 1.54) is 0 Å². The lowest BCUT2D eigenvalue weighted by Crippen LogP contribution is -2.47. The zero-order valence-electron chi connectivity index (χ0n) is 15.5. The molecule has 1 atom stereocenters. The fraction of sp³-hybridized carbons (Fsp3) is 0.611. The monoisotopic (exact) mass is 386 g/mol. The zero-order valence-corrected chi connectivity index (χ0v) is 16.3. The number of ether oxygens (including phenoxy) is 3. The molecule has 0 spiro atoms. The Balaban J connectivity index is 2.00. The third-order valence-corrected chi connectivity index (χ3v) is 4.40. The van der Waals surface area contributed by atoms with Crippen molar-refractivity contribution in [3.8, 4) is 11.5 Å². The molecule has 1 aromatic carbocycles. The number of halogens is 1. The molecule has 1 aliphatic heterocycles. The van der Waals surface area contributed by atoms with Gasteiger partial charge in [-0.25, -0.2) is 0 Å². The molecule has 2 rings (SSSR count). The highest BCUT2D eigenvalue weighted by Gasteiger charge is 2.23. The molecule has 8 heteroatoms. The first-order valence-electron chi connectivity index (χ1n) is 8.66. The van der Waals surface area contributed by atoms with Crippen molar-refractivity contribution in [2.75, 3.05) is 53.6 Å². The van der Waals surface area contributed by atoms with Crippen molar-refractivity contribution in [2.45, 2.75) is 19.6 Å². The van der Waals surface area contributed by atoms with Gasteiger partial charge in [-0.3, -0.25) is 14.6 Å². The van der Waals surface area contributed by atoms with E-state index in [9.17, 15) is 4.79 Å². The van der Waals surface area contributed by atoms with Crippen molar-refractivity contribution in [2.24, 2.45) is 0 Å². The van der Waals surface area contributed by atoms with Gasteiger partial charge in [0.15, 0.2) is 11.5 Å². The largest absolute Gasteiger partial charge is 0.491 e. The van der Waals surface area contributed by atoms with Crippen molar-refractivity contribution in [1.82, 2.24) is 9.80 Å². The molecule has 1 aromatic rings. The van der Waals surface area contributed by atoms with Crippen LogP contribution in [0.1, 0.15) is 12.5 Å². The maximum absolute atomic E-state index is 10.8. The summed E-state index contributed by atoms with van der Waals surface area (Å²) in [6, 6.07) is 3.85. The topological polar surface area (TPSA) is 71.5 Å². The molecule has 1 saturated heterocycles. The second kappa shape index (κ2) is 9.97. The van der Waals surface area contributed by atoms with E-state index in [1.807, 2.05) is 19.1 Å². The fourth-order valence-corrected chi connectivity index (χ4v) is 3.42. The normalized spacial score (nSPS) is 18.1. The molecule has 0 saturated carbocycles. The van der Waals surface area contributed by atoms with Crippen LogP contribution in [0.5, 0.6) is 11.5 Å². The summed E-state index contributed by atoms with van der Waals surface area (Å²) >= 11 is 6.32. The second-order valence-corrected chi connectivity index (χ2v) is 6.77. The van der Waals surface area contributed by atoms with Crippen LogP contribution in [0.4, 0.5) is 0 Å². The highest BCUT2D eigenvalue weighted by molar-refractivity contribution is 6.32. The summed E-state index contributed by atoms with van der Waals surface area (Å²) in [4.78, 5) is 14.8. The van der Waals surface area contributed by atoms with Crippen molar-refractivity contribution in [3.05, 3.63) is 22.7 Å². The molecule has 1 heterocycles. The van der Waals surface area contributed by atoms with Crippen LogP contribution in [0.2, 0.25) is 5.02 Å². The van der Waals surface area contributed by atoms with E-state index in [2.05, 4.69) is 4.90 Å². The Bertz CT molecular complexity index is 613. The maximum Gasteiger partial charge on any atom is 0.317 e. The number of hydrogen-bond acceptors (Lipinski definition) is 6. The summed E-state index contributed by atoms with van der Waals surface area (Å²) in [6.45, 7) is 5.92. The summed E-state index contributed by atoms with van der Waals surface area (Å²) in [7, 11) is 3.36. The summed E-state index contributed by atoms with van der Waals surface area (Å²) in [5.74, 6) is 0.354. The van der Waals surface area contributed by atoms with Crippen LogP contribution in [-0.2, 0) is 16.1 Å². The van der Waals surface area contributed by atoms with Crippen LogP contribution in [0.15, 0.2) is 12.1 Å². The molecule has 0 radical (unpaired) electrons. The number of aliphatic carboxylic acids is 1. The number of rotatable bonds is 9. The summed E-state index contributed by atoms with van der Waals surface area (Å²) in [6.07, 6.45) is -0.0202. The van der Waals surface area contributed by atoms with Crippen molar-refractivity contribution in [3.63, 3.8) is 0 Å². The number of carbonyl (C=O) groups is 1. The van der Waals surface area contributed by atoms with Gasteiger partial charge in [-0.2, -0.15) is 0 Å². The minimum absolute atomic E-state index is 0.00562.